The molecule has 0 saturated carbocycles. The average molecular weight is 310 g/mol. The summed E-state index contributed by atoms with van der Waals surface area (Å²) in [5, 5.41) is 6.33. The zero-order chi connectivity index (χ0) is 16.1. The molecule has 0 unspecified atom stereocenters. The van der Waals surface area contributed by atoms with E-state index in [-0.39, 0.29) is 12.0 Å². The van der Waals surface area contributed by atoms with Crippen LogP contribution in [0.3, 0.4) is 0 Å². The highest BCUT2D eigenvalue weighted by Gasteiger charge is 2.26. The Balaban J connectivity index is 1.71. The maximum Gasteiger partial charge on any atom is 0.253 e. The van der Waals surface area contributed by atoms with Gasteiger partial charge in [0.25, 0.3) is 5.91 Å². The average Bonchev–Trinajstić information content (AvgIpc) is 2.57. The molecule has 3 rings (SSSR count). The molecule has 0 aromatic heterocycles. The van der Waals surface area contributed by atoms with Crippen molar-refractivity contribution < 1.29 is 9.53 Å². The summed E-state index contributed by atoms with van der Waals surface area (Å²) in [7, 11) is 0. The third kappa shape index (κ3) is 4.11. The van der Waals surface area contributed by atoms with Gasteiger partial charge in [0.15, 0.2) is 0 Å². The molecule has 4 heteroatoms. The maximum atomic E-state index is 12.5. The highest BCUT2D eigenvalue weighted by atomic mass is 16.5. The lowest BCUT2D eigenvalue weighted by atomic mass is 9.97. The molecular formula is C19H22N2O2. The molecule has 0 spiro atoms. The molecule has 120 valence electrons. The van der Waals surface area contributed by atoms with Crippen LogP contribution in [0.1, 0.15) is 19.8 Å². The zero-order valence-electron chi connectivity index (χ0n) is 13.3. The number of nitrogens with one attached hydrogen (secondary N) is 2. The molecule has 4 nitrogen and oxygen atoms in total. The van der Waals surface area contributed by atoms with Gasteiger partial charge in [-0.05, 0) is 43.0 Å². The Morgan fingerprint density at radius 1 is 1.04 bits per heavy atom. The van der Waals surface area contributed by atoms with Crippen LogP contribution in [0.5, 0.6) is 0 Å². The number of carbonyl (C=O) groups excluding carboxylic acids is 1. The number of benzene rings is 2. The summed E-state index contributed by atoms with van der Waals surface area (Å²) in [5.74, 6) is 0.455. The molecule has 0 aliphatic carbocycles. The minimum atomic E-state index is -0.358. The summed E-state index contributed by atoms with van der Waals surface area (Å²) in [6.07, 6.45) is 1.44. The van der Waals surface area contributed by atoms with Gasteiger partial charge in [0.2, 0.25) is 0 Å². The predicted octanol–water partition coefficient (Wildman–Crippen LogP) is 4.18. The fourth-order valence-electron chi connectivity index (χ4n) is 2.74. The van der Waals surface area contributed by atoms with Crippen molar-refractivity contribution in [1.82, 2.24) is 0 Å². The van der Waals surface area contributed by atoms with Gasteiger partial charge < -0.3 is 15.4 Å². The van der Waals surface area contributed by atoms with E-state index in [1.165, 1.54) is 0 Å². The van der Waals surface area contributed by atoms with Crippen LogP contribution >= 0.6 is 0 Å². The van der Waals surface area contributed by atoms with Crippen molar-refractivity contribution in [3.05, 3.63) is 54.6 Å². The second kappa shape index (κ2) is 7.29. The zero-order valence-corrected chi connectivity index (χ0v) is 13.3. The van der Waals surface area contributed by atoms with Crippen molar-refractivity contribution in [3.8, 4) is 0 Å². The number of hydrogen-bond acceptors (Lipinski definition) is 3. The van der Waals surface area contributed by atoms with Crippen molar-refractivity contribution in [2.75, 3.05) is 17.2 Å². The Morgan fingerprint density at radius 3 is 2.48 bits per heavy atom. The van der Waals surface area contributed by atoms with E-state index in [9.17, 15) is 4.79 Å². The third-order valence-corrected chi connectivity index (χ3v) is 4.08. The van der Waals surface area contributed by atoms with Gasteiger partial charge in [-0.3, -0.25) is 4.79 Å². The molecule has 23 heavy (non-hydrogen) atoms. The minimum Gasteiger partial charge on any atom is -0.368 e. The summed E-state index contributed by atoms with van der Waals surface area (Å²) < 4.78 is 5.61. The van der Waals surface area contributed by atoms with Gasteiger partial charge in [-0.25, -0.2) is 0 Å². The topological polar surface area (TPSA) is 50.4 Å². The van der Waals surface area contributed by atoms with E-state index < -0.39 is 0 Å². The Morgan fingerprint density at radius 2 is 1.74 bits per heavy atom. The molecule has 2 aromatic rings. The first-order valence-corrected chi connectivity index (χ1v) is 8.06. The van der Waals surface area contributed by atoms with Gasteiger partial charge in [-0.1, -0.05) is 37.3 Å². The van der Waals surface area contributed by atoms with Gasteiger partial charge in [0.1, 0.15) is 6.10 Å². The van der Waals surface area contributed by atoms with Crippen LogP contribution in [0.4, 0.5) is 17.1 Å². The van der Waals surface area contributed by atoms with E-state index in [0.29, 0.717) is 12.5 Å². The number of amides is 1. The van der Waals surface area contributed by atoms with Crippen LogP contribution in [-0.2, 0) is 9.53 Å². The van der Waals surface area contributed by atoms with E-state index in [2.05, 4.69) is 17.6 Å². The highest BCUT2D eigenvalue weighted by Crippen LogP contribution is 2.26. The molecule has 1 saturated heterocycles. The molecule has 1 aliphatic rings. The van der Waals surface area contributed by atoms with Crippen LogP contribution in [0, 0.1) is 5.92 Å². The van der Waals surface area contributed by atoms with Crippen molar-refractivity contribution in [2.45, 2.75) is 25.9 Å². The minimum absolute atomic E-state index is 0.0705. The Kier molecular flexibility index (Phi) is 4.93. The van der Waals surface area contributed by atoms with E-state index >= 15 is 0 Å². The second-order valence-electron chi connectivity index (χ2n) is 6.01. The number of rotatable bonds is 4. The van der Waals surface area contributed by atoms with Crippen LogP contribution in [0.25, 0.3) is 0 Å². The first kappa shape index (κ1) is 15.6. The van der Waals surface area contributed by atoms with Gasteiger partial charge >= 0.3 is 0 Å². The second-order valence-corrected chi connectivity index (χ2v) is 6.01. The molecule has 2 atom stereocenters. The normalized spacial score (nSPS) is 20.7. The van der Waals surface area contributed by atoms with Crippen LogP contribution in [0.15, 0.2) is 54.6 Å². The lowest BCUT2D eigenvalue weighted by molar-refractivity contribution is -0.131. The number of carbonyl (C=O) groups is 1. The fraction of sp³-hybridized carbons (Fsp3) is 0.316. The van der Waals surface area contributed by atoms with Gasteiger partial charge in [-0.2, -0.15) is 0 Å². The molecule has 2 aromatic carbocycles. The van der Waals surface area contributed by atoms with Gasteiger partial charge in [0.05, 0.1) is 11.4 Å². The van der Waals surface area contributed by atoms with Crippen LogP contribution < -0.4 is 10.6 Å². The standard InChI is InChI=1S/C19H22N2O2/c1-14-11-12-23-18(13-14)19(22)21-17-10-6-5-9-16(17)20-15-7-3-2-4-8-15/h2-10,14,18,20H,11-13H2,1H3,(H,21,22)/t14-,18-/m0/s1. The molecule has 0 bridgehead atoms. The number of hydrogen-bond donors (Lipinski definition) is 2. The van der Waals surface area contributed by atoms with Crippen molar-refractivity contribution in [2.24, 2.45) is 5.92 Å². The fourth-order valence-corrected chi connectivity index (χ4v) is 2.74. The largest absolute Gasteiger partial charge is 0.368 e. The van der Waals surface area contributed by atoms with E-state index in [1.54, 1.807) is 0 Å². The number of anilines is 3. The quantitative estimate of drug-likeness (QED) is 0.890. The van der Waals surface area contributed by atoms with Crippen molar-refractivity contribution in [3.63, 3.8) is 0 Å². The summed E-state index contributed by atoms with van der Waals surface area (Å²) in [6.45, 7) is 2.82. The molecule has 1 heterocycles. The SMILES string of the molecule is C[C@H]1CCO[C@H](C(=O)Nc2ccccc2Nc2ccccc2)C1. The van der Waals surface area contributed by atoms with Crippen molar-refractivity contribution in [1.29, 1.82) is 0 Å². The smallest absolute Gasteiger partial charge is 0.253 e. The highest BCUT2D eigenvalue weighted by molar-refractivity contribution is 5.97. The number of para-hydroxylation sites is 3. The maximum absolute atomic E-state index is 12.5. The lowest BCUT2D eigenvalue weighted by Crippen LogP contribution is -2.35. The van der Waals surface area contributed by atoms with Gasteiger partial charge in [0, 0.05) is 12.3 Å². The first-order chi connectivity index (χ1) is 11.2. The third-order valence-electron chi connectivity index (χ3n) is 4.08. The van der Waals surface area contributed by atoms with Crippen LogP contribution in [0.2, 0.25) is 0 Å². The summed E-state index contributed by atoms with van der Waals surface area (Å²) >= 11 is 0. The summed E-state index contributed by atoms with van der Waals surface area (Å²) in [5.41, 5.74) is 2.62. The monoisotopic (exact) mass is 310 g/mol. The summed E-state index contributed by atoms with van der Waals surface area (Å²) in [4.78, 5) is 12.5. The Bertz CT molecular complexity index is 657. The Hall–Kier alpha value is -2.33. The van der Waals surface area contributed by atoms with E-state index in [1.807, 2.05) is 54.6 Å². The molecule has 0 radical (unpaired) electrons. The lowest BCUT2D eigenvalue weighted by Gasteiger charge is -2.26. The first-order valence-electron chi connectivity index (χ1n) is 8.06. The molecule has 1 fully saturated rings. The molecule has 1 amide bonds. The van der Waals surface area contributed by atoms with Gasteiger partial charge in [-0.15, -0.1) is 0 Å². The molecule has 2 N–H and O–H groups in total. The van der Waals surface area contributed by atoms with E-state index in [4.69, 9.17) is 4.74 Å². The molecule has 1 aliphatic heterocycles. The predicted molar refractivity (Wildman–Crippen MR) is 92.9 cm³/mol. The Labute approximate surface area is 136 Å². The molecular weight excluding hydrogens is 288 g/mol. The van der Waals surface area contributed by atoms with Crippen molar-refractivity contribution >= 4 is 23.0 Å². The summed E-state index contributed by atoms with van der Waals surface area (Å²) in [6, 6.07) is 17.6. The van der Waals surface area contributed by atoms with Crippen LogP contribution in [-0.4, -0.2) is 18.6 Å². The number of ether oxygens (including phenoxy) is 1. The van der Waals surface area contributed by atoms with E-state index in [0.717, 1.165) is 29.9 Å².